The van der Waals surface area contributed by atoms with Crippen molar-refractivity contribution in [2.45, 2.75) is 13.2 Å². The zero-order valence-electron chi connectivity index (χ0n) is 10.5. The molecule has 0 bridgehead atoms. The highest BCUT2D eigenvalue weighted by molar-refractivity contribution is 6.33. The molecule has 0 radical (unpaired) electrons. The van der Waals surface area contributed by atoms with Gasteiger partial charge < -0.3 is 10.0 Å². The third-order valence-electron chi connectivity index (χ3n) is 2.73. The molecule has 1 aromatic heterocycles. The Kier molecular flexibility index (Phi) is 4.35. The molecule has 2 aromatic rings. The Balaban J connectivity index is 2.18. The molecule has 0 aliphatic rings. The van der Waals surface area contributed by atoms with E-state index in [0.717, 1.165) is 5.56 Å². The summed E-state index contributed by atoms with van der Waals surface area (Å²) < 4.78 is 13.1. The predicted molar refractivity (Wildman–Crippen MR) is 73.7 cm³/mol. The largest absolute Gasteiger partial charge is 0.392 e. The molecule has 0 aliphatic heterocycles. The molecule has 0 aliphatic carbocycles. The number of aliphatic hydroxyl groups excluding tert-OH is 1. The Morgan fingerprint density at radius 3 is 2.74 bits per heavy atom. The monoisotopic (exact) mass is 280 g/mol. The van der Waals surface area contributed by atoms with Crippen LogP contribution in [-0.4, -0.2) is 17.1 Å². The number of nitrogens with zero attached hydrogens (tertiary/aromatic N) is 2. The summed E-state index contributed by atoms with van der Waals surface area (Å²) in [6.07, 6.45) is 1.57. The highest BCUT2D eigenvalue weighted by Gasteiger charge is 2.09. The number of anilines is 1. The van der Waals surface area contributed by atoms with Crippen LogP contribution in [0.2, 0.25) is 5.02 Å². The number of halogens is 2. The Morgan fingerprint density at radius 1 is 1.32 bits per heavy atom. The zero-order valence-corrected chi connectivity index (χ0v) is 11.2. The van der Waals surface area contributed by atoms with Gasteiger partial charge in [-0.2, -0.15) is 0 Å². The van der Waals surface area contributed by atoms with Crippen LogP contribution in [0.1, 0.15) is 11.1 Å². The quantitative estimate of drug-likeness (QED) is 0.935. The van der Waals surface area contributed by atoms with Crippen molar-refractivity contribution in [1.82, 2.24) is 4.98 Å². The van der Waals surface area contributed by atoms with E-state index < -0.39 is 0 Å². The lowest BCUT2D eigenvalue weighted by Crippen LogP contribution is -2.18. The summed E-state index contributed by atoms with van der Waals surface area (Å²) in [5.74, 6) is 0.337. The van der Waals surface area contributed by atoms with Crippen molar-refractivity contribution in [3.05, 3.63) is 58.5 Å². The van der Waals surface area contributed by atoms with E-state index in [4.69, 9.17) is 16.7 Å². The molecule has 100 valence electrons. The van der Waals surface area contributed by atoms with Crippen LogP contribution in [0.15, 0.2) is 36.5 Å². The minimum Gasteiger partial charge on any atom is -0.392 e. The molecule has 5 heteroatoms. The zero-order chi connectivity index (χ0) is 13.8. The van der Waals surface area contributed by atoms with Gasteiger partial charge in [0.15, 0.2) is 0 Å². The molecule has 0 spiro atoms. The highest BCUT2D eigenvalue weighted by atomic mass is 35.5. The molecule has 3 nitrogen and oxygen atoms in total. The molecular formula is C14H14ClFN2O. The fourth-order valence-electron chi connectivity index (χ4n) is 1.82. The Morgan fingerprint density at radius 2 is 2.11 bits per heavy atom. The summed E-state index contributed by atoms with van der Waals surface area (Å²) in [4.78, 5) is 6.04. The fraction of sp³-hybridized carbons (Fsp3) is 0.214. The Labute approximate surface area is 116 Å². The third kappa shape index (κ3) is 3.43. The standard InChI is InChI=1S/C14H14ClFN2O/c1-18(8-10-3-2-4-12(16)5-10)14-13(15)6-11(9-19)7-17-14/h2-7,19H,8-9H2,1H3. The van der Waals surface area contributed by atoms with Crippen molar-refractivity contribution in [2.24, 2.45) is 0 Å². The van der Waals surface area contributed by atoms with E-state index in [2.05, 4.69) is 4.98 Å². The number of benzene rings is 1. The minimum atomic E-state index is -0.263. The number of aliphatic hydroxyl groups is 1. The lowest BCUT2D eigenvalue weighted by molar-refractivity contribution is 0.281. The van der Waals surface area contributed by atoms with Crippen molar-refractivity contribution in [2.75, 3.05) is 11.9 Å². The van der Waals surface area contributed by atoms with Gasteiger partial charge in [-0.25, -0.2) is 9.37 Å². The smallest absolute Gasteiger partial charge is 0.147 e. The second-order valence-corrected chi connectivity index (χ2v) is 4.70. The highest BCUT2D eigenvalue weighted by Crippen LogP contribution is 2.24. The van der Waals surface area contributed by atoms with Crippen LogP contribution < -0.4 is 4.90 Å². The van der Waals surface area contributed by atoms with Crippen molar-refractivity contribution >= 4 is 17.4 Å². The molecule has 1 aromatic carbocycles. The van der Waals surface area contributed by atoms with Crippen LogP contribution in [0, 0.1) is 5.82 Å². The van der Waals surface area contributed by atoms with Crippen LogP contribution in [0.4, 0.5) is 10.2 Å². The van der Waals surface area contributed by atoms with E-state index in [1.807, 2.05) is 18.0 Å². The SMILES string of the molecule is CN(Cc1cccc(F)c1)c1ncc(CO)cc1Cl. The lowest BCUT2D eigenvalue weighted by Gasteiger charge is -2.19. The summed E-state index contributed by atoms with van der Waals surface area (Å²) in [7, 11) is 1.83. The molecule has 0 fully saturated rings. The summed E-state index contributed by atoms with van der Waals surface area (Å²) in [5.41, 5.74) is 1.50. The van der Waals surface area contributed by atoms with Gasteiger partial charge in [0, 0.05) is 19.8 Å². The predicted octanol–water partition coefficient (Wildman–Crippen LogP) is 3.00. The van der Waals surface area contributed by atoms with Gasteiger partial charge in [-0.1, -0.05) is 23.7 Å². The molecule has 0 unspecified atom stereocenters. The summed E-state index contributed by atoms with van der Waals surface area (Å²) >= 11 is 6.11. The molecule has 2 rings (SSSR count). The van der Waals surface area contributed by atoms with E-state index in [9.17, 15) is 4.39 Å². The third-order valence-corrected chi connectivity index (χ3v) is 3.01. The first-order chi connectivity index (χ1) is 9.10. The second-order valence-electron chi connectivity index (χ2n) is 4.29. The van der Waals surface area contributed by atoms with E-state index in [0.29, 0.717) is 22.9 Å². The first kappa shape index (κ1) is 13.8. The molecule has 1 N–H and O–H groups in total. The lowest BCUT2D eigenvalue weighted by atomic mass is 10.2. The minimum absolute atomic E-state index is 0.0966. The van der Waals surface area contributed by atoms with Gasteiger partial charge in [0.2, 0.25) is 0 Å². The van der Waals surface area contributed by atoms with E-state index in [-0.39, 0.29) is 12.4 Å². The van der Waals surface area contributed by atoms with Gasteiger partial charge in [-0.3, -0.25) is 0 Å². The molecular weight excluding hydrogens is 267 g/mol. The van der Waals surface area contributed by atoms with E-state index >= 15 is 0 Å². The number of aromatic nitrogens is 1. The fourth-order valence-corrected chi connectivity index (χ4v) is 2.15. The maximum Gasteiger partial charge on any atom is 0.147 e. The van der Waals surface area contributed by atoms with Gasteiger partial charge in [0.05, 0.1) is 11.6 Å². The molecule has 1 heterocycles. The van der Waals surface area contributed by atoms with Crippen molar-refractivity contribution < 1.29 is 9.50 Å². The average Bonchev–Trinajstić information content (AvgIpc) is 2.38. The average molecular weight is 281 g/mol. The van der Waals surface area contributed by atoms with Crippen LogP contribution in [0.25, 0.3) is 0 Å². The maximum absolute atomic E-state index is 13.1. The van der Waals surface area contributed by atoms with Crippen molar-refractivity contribution in [1.29, 1.82) is 0 Å². The Hall–Kier alpha value is -1.65. The molecule has 0 atom stereocenters. The van der Waals surface area contributed by atoms with Crippen LogP contribution in [0.3, 0.4) is 0 Å². The van der Waals surface area contributed by atoms with Gasteiger partial charge >= 0.3 is 0 Å². The maximum atomic E-state index is 13.1. The first-order valence-electron chi connectivity index (χ1n) is 5.81. The van der Waals surface area contributed by atoms with Crippen LogP contribution in [0.5, 0.6) is 0 Å². The number of pyridine rings is 1. The number of rotatable bonds is 4. The summed E-state index contributed by atoms with van der Waals surface area (Å²) in [6.45, 7) is 0.406. The molecule has 0 saturated heterocycles. The normalized spacial score (nSPS) is 10.5. The second kappa shape index (κ2) is 5.99. The van der Waals surface area contributed by atoms with Crippen LogP contribution in [-0.2, 0) is 13.2 Å². The summed E-state index contributed by atoms with van der Waals surface area (Å²) in [6, 6.07) is 8.07. The van der Waals surface area contributed by atoms with Crippen molar-refractivity contribution in [3.63, 3.8) is 0 Å². The number of hydrogen-bond donors (Lipinski definition) is 1. The van der Waals surface area contributed by atoms with Crippen molar-refractivity contribution in [3.8, 4) is 0 Å². The van der Waals surface area contributed by atoms with Gasteiger partial charge in [-0.05, 0) is 29.3 Å². The van der Waals surface area contributed by atoms with Gasteiger partial charge in [0.1, 0.15) is 11.6 Å². The number of hydrogen-bond acceptors (Lipinski definition) is 3. The Bertz CT molecular complexity index is 577. The molecule has 19 heavy (non-hydrogen) atoms. The van der Waals surface area contributed by atoms with E-state index in [1.165, 1.54) is 12.1 Å². The molecule has 0 amide bonds. The van der Waals surface area contributed by atoms with E-state index in [1.54, 1.807) is 18.3 Å². The van der Waals surface area contributed by atoms with Gasteiger partial charge in [0.25, 0.3) is 0 Å². The molecule has 0 saturated carbocycles. The van der Waals surface area contributed by atoms with Gasteiger partial charge in [-0.15, -0.1) is 0 Å². The topological polar surface area (TPSA) is 36.4 Å². The first-order valence-corrected chi connectivity index (χ1v) is 6.19. The summed E-state index contributed by atoms with van der Waals surface area (Å²) in [5, 5.41) is 9.47. The van der Waals surface area contributed by atoms with Crippen LogP contribution >= 0.6 is 11.6 Å².